The van der Waals surface area contributed by atoms with Gasteiger partial charge in [-0.3, -0.25) is 4.57 Å². The van der Waals surface area contributed by atoms with Crippen molar-refractivity contribution in [1.82, 2.24) is 9.55 Å². The summed E-state index contributed by atoms with van der Waals surface area (Å²) in [5, 5.41) is 0. The van der Waals surface area contributed by atoms with Crippen LogP contribution in [0.15, 0.2) is 49.6 Å². The summed E-state index contributed by atoms with van der Waals surface area (Å²) in [5.74, 6) is 0.604. The highest BCUT2D eigenvalue weighted by atomic mass is 31.2. The van der Waals surface area contributed by atoms with E-state index in [1.54, 1.807) is 12.5 Å². The van der Waals surface area contributed by atoms with Gasteiger partial charge in [-0.05, 0) is 12.1 Å². The van der Waals surface area contributed by atoms with Crippen LogP contribution in [0, 0.1) is 0 Å². The SMILES string of the molecule is C=CP(=O)(O)O.C=Cn1cnc2ccccc21. The number of nitrogens with zero attached hydrogens (tertiary/aromatic N) is 2. The van der Waals surface area contributed by atoms with Crippen LogP contribution >= 0.6 is 7.60 Å². The molecule has 0 aliphatic rings. The Morgan fingerprint density at radius 1 is 1.29 bits per heavy atom. The van der Waals surface area contributed by atoms with Gasteiger partial charge in [-0.25, -0.2) is 4.98 Å². The van der Waals surface area contributed by atoms with Gasteiger partial charge in [0, 0.05) is 12.0 Å². The number of aromatic nitrogens is 2. The molecule has 0 radical (unpaired) electrons. The summed E-state index contributed by atoms with van der Waals surface area (Å²) in [4.78, 5) is 19.8. The van der Waals surface area contributed by atoms with Crippen molar-refractivity contribution in [2.45, 2.75) is 0 Å². The van der Waals surface area contributed by atoms with Crippen LogP contribution in [-0.2, 0) is 4.57 Å². The Hall–Kier alpha value is -1.68. The van der Waals surface area contributed by atoms with E-state index < -0.39 is 7.60 Å². The predicted octanol–water partition coefficient (Wildman–Crippen LogP) is 2.44. The smallest absolute Gasteiger partial charge is 0.321 e. The van der Waals surface area contributed by atoms with Gasteiger partial charge >= 0.3 is 7.60 Å². The van der Waals surface area contributed by atoms with E-state index >= 15 is 0 Å². The van der Waals surface area contributed by atoms with Gasteiger partial charge in [0.2, 0.25) is 0 Å². The number of hydrogen-bond donors (Lipinski definition) is 2. The minimum atomic E-state index is -3.88. The van der Waals surface area contributed by atoms with Crippen LogP contribution in [0.1, 0.15) is 0 Å². The first-order valence-electron chi connectivity index (χ1n) is 4.71. The van der Waals surface area contributed by atoms with Crippen LogP contribution in [0.25, 0.3) is 17.2 Å². The highest BCUT2D eigenvalue weighted by Crippen LogP contribution is 2.34. The Bertz CT molecular complexity index is 571. The fourth-order valence-corrected chi connectivity index (χ4v) is 1.12. The molecule has 0 saturated carbocycles. The van der Waals surface area contributed by atoms with Gasteiger partial charge in [0.1, 0.15) is 0 Å². The molecular formula is C11H13N2O3P. The molecule has 2 aromatic rings. The van der Waals surface area contributed by atoms with E-state index in [9.17, 15) is 4.57 Å². The second-order valence-corrected chi connectivity index (χ2v) is 4.64. The summed E-state index contributed by atoms with van der Waals surface area (Å²) in [6.07, 6.45) is 3.51. The van der Waals surface area contributed by atoms with Gasteiger partial charge in [-0.15, -0.1) is 0 Å². The van der Waals surface area contributed by atoms with Crippen molar-refractivity contribution in [1.29, 1.82) is 0 Å². The zero-order valence-corrected chi connectivity index (χ0v) is 9.99. The third kappa shape index (κ3) is 4.00. The average Bonchev–Trinajstić information content (AvgIpc) is 2.72. The molecule has 0 bridgehead atoms. The van der Waals surface area contributed by atoms with E-state index in [0.717, 1.165) is 11.0 Å². The summed E-state index contributed by atoms with van der Waals surface area (Å²) in [6, 6.07) is 7.96. The Morgan fingerprint density at radius 3 is 2.41 bits per heavy atom. The third-order valence-corrected chi connectivity index (χ3v) is 2.39. The monoisotopic (exact) mass is 252 g/mol. The van der Waals surface area contributed by atoms with Crippen molar-refractivity contribution in [3.8, 4) is 0 Å². The summed E-state index contributed by atoms with van der Waals surface area (Å²) >= 11 is 0. The Labute approximate surface area is 98.9 Å². The number of rotatable bonds is 2. The van der Waals surface area contributed by atoms with Crippen LogP contribution in [0.3, 0.4) is 0 Å². The lowest BCUT2D eigenvalue weighted by Gasteiger charge is -1.91. The lowest BCUT2D eigenvalue weighted by atomic mass is 10.3. The fourth-order valence-electron chi connectivity index (χ4n) is 1.12. The lowest BCUT2D eigenvalue weighted by Crippen LogP contribution is -1.79. The van der Waals surface area contributed by atoms with Crippen molar-refractivity contribution in [2.75, 3.05) is 0 Å². The Kier molecular flexibility index (Phi) is 4.40. The molecule has 1 aromatic carbocycles. The second-order valence-electron chi connectivity index (χ2n) is 3.09. The molecule has 90 valence electrons. The van der Waals surface area contributed by atoms with Crippen molar-refractivity contribution in [3.05, 3.63) is 49.6 Å². The number of fused-ring (bicyclic) bond motifs is 1. The molecule has 1 heterocycles. The van der Waals surface area contributed by atoms with Crippen molar-refractivity contribution in [2.24, 2.45) is 0 Å². The van der Waals surface area contributed by atoms with E-state index in [1.807, 2.05) is 28.8 Å². The van der Waals surface area contributed by atoms with Gasteiger partial charge in [0.15, 0.2) is 0 Å². The zero-order valence-electron chi connectivity index (χ0n) is 9.10. The number of imidazole rings is 1. The summed E-state index contributed by atoms with van der Waals surface area (Å²) in [6.45, 7) is 6.55. The number of benzene rings is 1. The van der Waals surface area contributed by atoms with Crippen LogP contribution in [0.5, 0.6) is 0 Å². The van der Waals surface area contributed by atoms with Gasteiger partial charge in [-0.2, -0.15) is 0 Å². The standard InChI is InChI=1S/C9H8N2.C2H5O3P/c1-2-11-7-10-8-5-3-4-6-9(8)11;1-2-6(3,4)5/h2-7H,1H2;2H,1H2,(H2,3,4,5). The molecule has 0 aliphatic heterocycles. The molecule has 0 atom stereocenters. The Morgan fingerprint density at radius 2 is 1.88 bits per heavy atom. The molecule has 17 heavy (non-hydrogen) atoms. The minimum absolute atomic E-state index is 0.604. The molecule has 0 fully saturated rings. The van der Waals surface area contributed by atoms with E-state index in [0.29, 0.717) is 5.82 Å². The average molecular weight is 252 g/mol. The van der Waals surface area contributed by atoms with E-state index in [1.165, 1.54) is 0 Å². The predicted molar refractivity (Wildman–Crippen MR) is 68.4 cm³/mol. The molecule has 0 aliphatic carbocycles. The van der Waals surface area contributed by atoms with Gasteiger partial charge < -0.3 is 14.4 Å². The van der Waals surface area contributed by atoms with E-state index in [-0.39, 0.29) is 0 Å². The second kappa shape index (κ2) is 5.59. The molecule has 1 aromatic heterocycles. The number of hydrogen-bond acceptors (Lipinski definition) is 2. The lowest BCUT2D eigenvalue weighted by molar-refractivity contribution is 0.386. The fraction of sp³-hybridized carbons (Fsp3) is 0. The third-order valence-electron chi connectivity index (χ3n) is 1.92. The van der Waals surface area contributed by atoms with E-state index in [4.69, 9.17) is 9.79 Å². The first-order chi connectivity index (χ1) is 7.98. The molecule has 0 unspecified atom stereocenters. The minimum Gasteiger partial charge on any atom is -0.321 e. The van der Waals surface area contributed by atoms with Crippen LogP contribution in [0.2, 0.25) is 0 Å². The highest BCUT2D eigenvalue weighted by molar-refractivity contribution is 7.55. The first kappa shape index (κ1) is 13.4. The Balaban J connectivity index is 0.000000209. The highest BCUT2D eigenvalue weighted by Gasteiger charge is 2.01. The molecule has 2 rings (SSSR count). The molecule has 0 amide bonds. The molecule has 6 heteroatoms. The summed E-state index contributed by atoms with van der Waals surface area (Å²) in [7, 11) is -3.88. The van der Waals surface area contributed by atoms with E-state index in [2.05, 4.69) is 18.1 Å². The topological polar surface area (TPSA) is 75.3 Å². The maximum absolute atomic E-state index is 9.58. The molecular weight excluding hydrogens is 239 g/mol. The summed E-state index contributed by atoms with van der Waals surface area (Å²) < 4.78 is 11.5. The van der Waals surface area contributed by atoms with Gasteiger partial charge in [0.05, 0.1) is 17.4 Å². The molecule has 0 spiro atoms. The van der Waals surface area contributed by atoms with Crippen LogP contribution < -0.4 is 0 Å². The summed E-state index contributed by atoms with van der Waals surface area (Å²) in [5.41, 5.74) is 2.11. The molecule has 5 nitrogen and oxygen atoms in total. The molecule has 2 N–H and O–H groups in total. The van der Waals surface area contributed by atoms with Crippen LogP contribution in [-0.4, -0.2) is 19.3 Å². The normalized spacial score (nSPS) is 10.5. The first-order valence-corrected chi connectivity index (χ1v) is 6.39. The number of para-hydroxylation sites is 2. The van der Waals surface area contributed by atoms with Crippen molar-refractivity contribution >= 4 is 24.8 Å². The zero-order chi connectivity index (χ0) is 12.9. The van der Waals surface area contributed by atoms with Gasteiger partial charge in [-0.1, -0.05) is 25.3 Å². The van der Waals surface area contributed by atoms with Gasteiger partial charge in [0.25, 0.3) is 0 Å². The van der Waals surface area contributed by atoms with Crippen LogP contribution in [0.4, 0.5) is 0 Å². The maximum atomic E-state index is 9.58. The maximum Gasteiger partial charge on any atom is 0.348 e. The quantitative estimate of drug-likeness (QED) is 0.805. The van der Waals surface area contributed by atoms with Crippen molar-refractivity contribution in [3.63, 3.8) is 0 Å². The largest absolute Gasteiger partial charge is 0.348 e. The van der Waals surface area contributed by atoms with Crippen molar-refractivity contribution < 1.29 is 14.4 Å². The molecule has 0 saturated heterocycles.